The fourth-order valence-corrected chi connectivity index (χ4v) is 2.76. The molecule has 0 radical (unpaired) electrons. The zero-order chi connectivity index (χ0) is 16.9. The molecule has 1 fully saturated rings. The van der Waals surface area contributed by atoms with Crippen LogP contribution < -0.4 is 15.0 Å². The van der Waals surface area contributed by atoms with Gasteiger partial charge in [0, 0.05) is 13.1 Å². The lowest BCUT2D eigenvalue weighted by Crippen LogP contribution is -2.34. The molecule has 0 bridgehead atoms. The second-order valence-electron chi connectivity index (χ2n) is 6.60. The Morgan fingerprint density at radius 1 is 1.21 bits per heavy atom. The van der Waals surface area contributed by atoms with Crippen molar-refractivity contribution in [1.29, 1.82) is 0 Å². The van der Waals surface area contributed by atoms with Crippen LogP contribution in [0.2, 0.25) is 0 Å². The number of para-hydroxylation sites is 2. The van der Waals surface area contributed by atoms with Crippen LogP contribution in [0.1, 0.15) is 33.6 Å². The van der Waals surface area contributed by atoms with Crippen molar-refractivity contribution in [3.63, 3.8) is 0 Å². The molecule has 128 valence electrons. The maximum absolute atomic E-state index is 5.84. The first-order valence-corrected chi connectivity index (χ1v) is 8.59. The van der Waals surface area contributed by atoms with Crippen molar-refractivity contribution in [3.8, 4) is 5.75 Å². The van der Waals surface area contributed by atoms with Crippen molar-refractivity contribution in [2.45, 2.75) is 39.7 Å². The number of ether oxygens (including phenoxy) is 1. The van der Waals surface area contributed by atoms with E-state index >= 15 is 0 Å². The number of hydrogen-bond donors (Lipinski definition) is 1. The first kappa shape index (κ1) is 16.5. The molecule has 1 aliphatic rings. The van der Waals surface area contributed by atoms with Gasteiger partial charge in [-0.3, -0.25) is 0 Å². The lowest BCUT2D eigenvalue weighted by atomic mass is 10.00. The predicted molar refractivity (Wildman–Crippen MR) is 95.9 cm³/mol. The molecule has 6 heteroatoms. The highest BCUT2D eigenvalue weighted by molar-refractivity contribution is 5.64. The second-order valence-corrected chi connectivity index (χ2v) is 6.60. The smallest absolute Gasteiger partial charge is 0.247 e. The Morgan fingerprint density at radius 3 is 2.71 bits per heavy atom. The third kappa shape index (κ3) is 4.13. The number of rotatable bonds is 5. The van der Waals surface area contributed by atoms with E-state index in [-0.39, 0.29) is 6.10 Å². The molecule has 1 saturated heterocycles. The van der Waals surface area contributed by atoms with E-state index in [1.807, 2.05) is 38.1 Å². The van der Waals surface area contributed by atoms with Crippen molar-refractivity contribution in [2.75, 3.05) is 23.3 Å². The van der Waals surface area contributed by atoms with Gasteiger partial charge in [-0.1, -0.05) is 19.1 Å². The molecule has 2 aromatic rings. The number of nitrogens with zero attached hydrogens (tertiary/aromatic N) is 4. The molecular formula is C18H25N5O. The van der Waals surface area contributed by atoms with Crippen molar-refractivity contribution < 1.29 is 4.74 Å². The van der Waals surface area contributed by atoms with Crippen LogP contribution in [0.25, 0.3) is 0 Å². The van der Waals surface area contributed by atoms with E-state index in [0.717, 1.165) is 30.4 Å². The largest absolute Gasteiger partial charge is 0.489 e. The molecule has 2 heterocycles. The van der Waals surface area contributed by atoms with Crippen LogP contribution in [0.5, 0.6) is 5.75 Å². The molecule has 0 atom stereocenters. The van der Waals surface area contributed by atoms with E-state index in [4.69, 9.17) is 4.74 Å². The SMILES string of the molecule is CC1CCN(c2nncc(Nc3ccccc3OC(C)C)n2)CC1. The molecule has 6 nitrogen and oxygen atoms in total. The highest BCUT2D eigenvalue weighted by Gasteiger charge is 2.18. The van der Waals surface area contributed by atoms with Crippen molar-refractivity contribution >= 4 is 17.5 Å². The molecule has 0 spiro atoms. The third-order valence-electron chi connectivity index (χ3n) is 4.13. The number of benzene rings is 1. The van der Waals surface area contributed by atoms with E-state index in [0.29, 0.717) is 11.8 Å². The van der Waals surface area contributed by atoms with Gasteiger partial charge in [-0.2, -0.15) is 10.1 Å². The average Bonchev–Trinajstić information content (AvgIpc) is 2.57. The van der Waals surface area contributed by atoms with Gasteiger partial charge in [-0.05, 0) is 44.7 Å². The third-order valence-corrected chi connectivity index (χ3v) is 4.13. The number of piperidine rings is 1. The summed E-state index contributed by atoms with van der Waals surface area (Å²) in [6.07, 6.45) is 4.10. The predicted octanol–water partition coefficient (Wildman–Crippen LogP) is 3.64. The van der Waals surface area contributed by atoms with Gasteiger partial charge in [-0.25, -0.2) is 0 Å². The molecule has 0 saturated carbocycles. The van der Waals surface area contributed by atoms with Gasteiger partial charge >= 0.3 is 0 Å². The molecule has 0 aliphatic carbocycles. The van der Waals surface area contributed by atoms with Gasteiger partial charge in [0.1, 0.15) is 5.75 Å². The van der Waals surface area contributed by atoms with Crippen LogP contribution in [0.15, 0.2) is 30.5 Å². The minimum Gasteiger partial charge on any atom is -0.489 e. The quantitative estimate of drug-likeness (QED) is 0.904. The summed E-state index contributed by atoms with van der Waals surface area (Å²) < 4.78 is 5.84. The molecule has 1 N–H and O–H groups in total. The van der Waals surface area contributed by atoms with E-state index in [9.17, 15) is 0 Å². The molecular weight excluding hydrogens is 302 g/mol. The van der Waals surface area contributed by atoms with Crippen molar-refractivity contribution in [1.82, 2.24) is 15.2 Å². The van der Waals surface area contributed by atoms with Crippen LogP contribution in [0.3, 0.4) is 0 Å². The van der Waals surface area contributed by atoms with E-state index in [1.165, 1.54) is 12.8 Å². The number of hydrogen-bond acceptors (Lipinski definition) is 6. The van der Waals surface area contributed by atoms with Crippen molar-refractivity contribution in [2.24, 2.45) is 5.92 Å². The molecule has 0 unspecified atom stereocenters. The van der Waals surface area contributed by atoms with Gasteiger partial charge in [0.2, 0.25) is 5.95 Å². The fourth-order valence-electron chi connectivity index (χ4n) is 2.76. The summed E-state index contributed by atoms with van der Waals surface area (Å²) >= 11 is 0. The van der Waals surface area contributed by atoms with Crippen LogP contribution >= 0.6 is 0 Å². The number of nitrogens with one attached hydrogen (secondary N) is 1. The Balaban J connectivity index is 1.75. The second kappa shape index (κ2) is 7.47. The summed E-state index contributed by atoms with van der Waals surface area (Å²) in [6.45, 7) is 8.29. The standard InChI is InChI=1S/C18H25N5O/c1-13(2)24-16-7-5-4-6-15(16)20-17-12-19-22-18(21-17)23-10-8-14(3)9-11-23/h4-7,12-14H,8-11H2,1-3H3,(H,20,21,22). The summed E-state index contributed by atoms with van der Waals surface area (Å²) in [5.41, 5.74) is 0.880. The summed E-state index contributed by atoms with van der Waals surface area (Å²) in [4.78, 5) is 6.83. The van der Waals surface area contributed by atoms with Gasteiger partial charge in [0.15, 0.2) is 5.82 Å². The van der Waals surface area contributed by atoms with Crippen molar-refractivity contribution in [3.05, 3.63) is 30.5 Å². The molecule has 24 heavy (non-hydrogen) atoms. The Kier molecular flexibility index (Phi) is 5.13. The average molecular weight is 327 g/mol. The van der Waals surface area contributed by atoms with E-state index in [1.54, 1.807) is 6.20 Å². The normalized spacial score (nSPS) is 15.6. The Bertz CT molecular complexity index is 668. The Morgan fingerprint density at radius 2 is 1.96 bits per heavy atom. The lowest BCUT2D eigenvalue weighted by Gasteiger charge is -2.29. The first-order chi connectivity index (χ1) is 11.6. The number of aromatic nitrogens is 3. The first-order valence-electron chi connectivity index (χ1n) is 8.59. The Hall–Kier alpha value is -2.37. The van der Waals surface area contributed by atoms with Gasteiger partial charge < -0.3 is 15.0 Å². The highest BCUT2D eigenvalue weighted by atomic mass is 16.5. The minimum absolute atomic E-state index is 0.113. The van der Waals surface area contributed by atoms with Gasteiger partial charge in [0.05, 0.1) is 18.0 Å². The summed E-state index contributed by atoms with van der Waals surface area (Å²) in [6, 6.07) is 7.85. The summed E-state index contributed by atoms with van der Waals surface area (Å²) in [5.74, 6) is 2.95. The van der Waals surface area contributed by atoms with Crippen LogP contribution in [0.4, 0.5) is 17.5 Å². The highest BCUT2D eigenvalue weighted by Crippen LogP contribution is 2.28. The monoisotopic (exact) mass is 327 g/mol. The molecule has 0 amide bonds. The molecule has 1 aromatic carbocycles. The van der Waals surface area contributed by atoms with E-state index < -0.39 is 0 Å². The lowest BCUT2D eigenvalue weighted by molar-refractivity contribution is 0.244. The van der Waals surface area contributed by atoms with Crippen LogP contribution in [0, 0.1) is 5.92 Å². The van der Waals surface area contributed by atoms with Crippen LogP contribution in [-0.2, 0) is 0 Å². The molecule has 3 rings (SSSR count). The minimum atomic E-state index is 0.113. The van der Waals surface area contributed by atoms with Gasteiger partial charge in [0.25, 0.3) is 0 Å². The van der Waals surface area contributed by atoms with E-state index in [2.05, 4.69) is 32.3 Å². The maximum Gasteiger partial charge on any atom is 0.247 e. The van der Waals surface area contributed by atoms with Gasteiger partial charge in [-0.15, -0.1) is 5.10 Å². The topological polar surface area (TPSA) is 63.2 Å². The van der Waals surface area contributed by atoms with Crippen LogP contribution in [-0.4, -0.2) is 34.4 Å². The summed E-state index contributed by atoms with van der Waals surface area (Å²) in [7, 11) is 0. The maximum atomic E-state index is 5.84. The summed E-state index contributed by atoms with van der Waals surface area (Å²) in [5, 5.41) is 11.6. The fraction of sp³-hybridized carbons (Fsp3) is 0.500. The zero-order valence-electron chi connectivity index (χ0n) is 14.6. The molecule has 1 aliphatic heterocycles. The number of anilines is 3. The molecule has 1 aromatic heterocycles. The zero-order valence-corrected chi connectivity index (χ0v) is 14.6. The Labute approximate surface area is 143 Å².